The molecule has 4 aromatic carbocycles. The zero-order valence-corrected chi connectivity index (χ0v) is 15.0. The summed E-state index contributed by atoms with van der Waals surface area (Å²) in [6.45, 7) is 0. The fraction of sp³-hybridized carbons (Fsp3) is 0. The minimum absolute atomic E-state index is 0.333. The summed E-state index contributed by atoms with van der Waals surface area (Å²) in [4.78, 5) is 6.52. The van der Waals surface area contributed by atoms with E-state index in [2.05, 4.69) is 9.97 Å². The van der Waals surface area contributed by atoms with Crippen molar-refractivity contribution in [3.05, 3.63) is 84.9 Å². The minimum atomic E-state index is 0.333. The van der Waals surface area contributed by atoms with Crippen molar-refractivity contribution in [1.29, 1.82) is 0 Å². The lowest BCUT2D eigenvalue weighted by atomic mass is 10.1. The van der Waals surface area contributed by atoms with Crippen LogP contribution in [0.15, 0.2) is 84.9 Å². The molecule has 4 N–H and O–H groups in total. The van der Waals surface area contributed by atoms with Crippen LogP contribution in [0.1, 0.15) is 0 Å². The van der Waals surface area contributed by atoms with Gasteiger partial charge >= 0.3 is 0 Å². The summed E-state index contributed by atoms with van der Waals surface area (Å²) in [5.41, 5.74) is 4.07. The first-order chi connectivity index (χ1) is 13.7. The Bertz CT molecular complexity index is 1330. The number of para-hydroxylation sites is 2. The van der Waals surface area contributed by atoms with Gasteiger partial charge in [-0.1, -0.05) is 48.5 Å². The average molecular weight is 366 g/mol. The Morgan fingerprint density at radius 3 is 1.29 bits per heavy atom. The molecule has 0 aliphatic rings. The van der Waals surface area contributed by atoms with E-state index in [0.29, 0.717) is 11.5 Å². The van der Waals surface area contributed by atoms with E-state index in [9.17, 15) is 10.2 Å². The molecule has 0 atom stereocenters. The number of phenols is 2. The molecule has 4 heteroatoms. The Labute approximate surface area is 160 Å². The second kappa shape index (κ2) is 6.35. The SMILES string of the molecule is Oc1cccc2[nH]c3ccccc3c12.Oc1cccc2[nH]c3ccccc3c12. The highest BCUT2D eigenvalue weighted by atomic mass is 16.3. The summed E-state index contributed by atoms with van der Waals surface area (Å²) in [6, 6.07) is 27.0. The smallest absolute Gasteiger partial charge is 0.125 e. The highest BCUT2D eigenvalue weighted by Crippen LogP contribution is 2.32. The van der Waals surface area contributed by atoms with E-state index in [1.54, 1.807) is 12.1 Å². The molecule has 0 aliphatic heterocycles. The van der Waals surface area contributed by atoms with Gasteiger partial charge in [-0.3, -0.25) is 0 Å². The third kappa shape index (κ3) is 2.55. The van der Waals surface area contributed by atoms with Crippen molar-refractivity contribution < 1.29 is 10.2 Å². The molecule has 4 nitrogen and oxygen atoms in total. The molecule has 2 heterocycles. The maximum absolute atomic E-state index is 9.74. The predicted molar refractivity (Wildman–Crippen MR) is 115 cm³/mol. The molecule has 0 saturated carbocycles. The maximum Gasteiger partial charge on any atom is 0.125 e. The molecule has 0 saturated heterocycles. The zero-order chi connectivity index (χ0) is 19.1. The van der Waals surface area contributed by atoms with Gasteiger partial charge in [0.25, 0.3) is 0 Å². The van der Waals surface area contributed by atoms with Crippen LogP contribution >= 0.6 is 0 Å². The number of aromatic nitrogens is 2. The predicted octanol–water partition coefficient (Wildman–Crippen LogP) is 6.05. The number of benzene rings is 4. The lowest BCUT2D eigenvalue weighted by Crippen LogP contribution is -1.67. The summed E-state index contributed by atoms with van der Waals surface area (Å²) in [6.07, 6.45) is 0. The molecule has 0 bridgehead atoms. The third-order valence-electron chi connectivity index (χ3n) is 5.02. The number of hydrogen-bond donors (Lipinski definition) is 4. The first kappa shape index (κ1) is 16.3. The van der Waals surface area contributed by atoms with E-state index in [4.69, 9.17) is 0 Å². The highest BCUT2D eigenvalue weighted by molar-refractivity contribution is 6.11. The van der Waals surface area contributed by atoms with Crippen LogP contribution in [0.4, 0.5) is 0 Å². The number of nitrogens with one attached hydrogen (secondary N) is 2. The van der Waals surface area contributed by atoms with Gasteiger partial charge in [0.1, 0.15) is 11.5 Å². The molecular formula is C24H18N2O2. The standard InChI is InChI=1S/2C12H9NO/c2*14-11-7-3-6-10-12(11)8-4-1-2-5-9(8)13-10/h2*1-7,13-14H. The molecule has 0 amide bonds. The third-order valence-corrected chi connectivity index (χ3v) is 5.02. The summed E-state index contributed by atoms with van der Waals surface area (Å²) in [7, 11) is 0. The number of aromatic hydroxyl groups is 2. The molecule has 0 radical (unpaired) electrons. The Balaban J connectivity index is 0.000000122. The first-order valence-corrected chi connectivity index (χ1v) is 9.09. The van der Waals surface area contributed by atoms with Crippen LogP contribution in [0.3, 0.4) is 0 Å². The molecule has 0 fully saturated rings. The van der Waals surface area contributed by atoms with Gasteiger partial charge in [-0.25, -0.2) is 0 Å². The van der Waals surface area contributed by atoms with Crippen LogP contribution in [0.5, 0.6) is 11.5 Å². The minimum Gasteiger partial charge on any atom is -0.507 e. The van der Waals surface area contributed by atoms with Crippen LogP contribution in [-0.4, -0.2) is 20.2 Å². The molecule has 136 valence electrons. The Morgan fingerprint density at radius 1 is 0.429 bits per heavy atom. The monoisotopic (exact) mass is 366 g/mol. The van der Waals surface area contributed by atoms with Crippen molar-refractivity contribution in [2.45, 2.75) is 0 Å². The number of phenolic OH excluding ortho intramolecular Hbond substituents is 2. The molecular weight excluding hydrogens is 348 g/mol. The highest BCUT2D eigenvalue weighted by Gasteiger charge is 2.07. The second-order valence-corrected chi connectivity index (χ2v) is 6.74. The fourth-order valence-corrected chi connectivity index (χ4v) is 3.77. The van der Waals surface area contributed by atoms with Crippen LogP contribution in [0, 0.1) is 0 Å². The first-order valence-electron chi connectivity index (χ1n) is 9.09. The van der Waals surface area contributed by atoms with Gasteiger partial charge in [0, 0.05) is 32.6 Å². The average Bonchev–Trinajstić information content (AvgIpc) is 3.28. The lowest BCUT2D eigenvalue weighted by molar-refractivity contribution is 0.481. The molecule has 0 unspecified atom stereocenters. The molecule has 2 aromatic heterocycles. The summed E-state index contributed by atoms with van der Waals surface area (Å²) >= 11 is 0. The van der Waals surface area contributed by atoms with Crippen molar-refractivity contribution in [3.63, 3.8) is 0 Å². The molecule has 0 aliphatic carbocycles. The Hall–Kier alpha value is -3.92. The van der Waals surface area contributed by atoms with Gasteiger partial charge in [0.2, 0.25) is 0 Å². The van der Waals surface area contributed by atoms with Crippen molar-refractivity contribution >= 4 is 43.6 Å². The molecule has 6 rings (SSSR count). The number of H-pyrrole nitrogens is 2. The van der Waals surface area contributed by atoms with Gasteiger partial charge in [0.05, 0.1) is 11.0 Å². The fourth-order valence-electron chi connectivity index (χ4n) is 3.77. The quantitative estimate of drug-likeness (QED) is 0.264. The van der Waals surface area contributed by atoms with Crippen LogP contribution < -0.4 is 0 Å². The van der Waals surface area contributed by atoms with Crippen LogP contribution in [-0.2, 0) is 0 Å². The number of hydrogen-bond acceptors (Lipinski definition) is 2. The van der Waals surface area contributed by atoms with E-state index >= 15 is 0 Å². The van der Waals surface area contributed by atoms with E-state index in [1.807, 2.05) is 72.8 Å². The molecule has 6 aromatic rings. The largest absolute Gasteiger partial charge is 0.507 e. The zero-order valence-electron chi connectivity index (χ0n) is 15.0. The van der Waals surface area contributed by atoms with E-state index in [0.717, 1.165) is 43.6 Å². The summed E-state index contributed by atoms with van der Waals surface area (Å²) in [5.74, 6) is 0.667. The van der Waals surface area contributed by atoms with Crippen LogP contribution in [0.25, 0.3) is 43.6 Å². The van der Waals surface area contributed by atoms with Crippen molar-refractivity contribution in [2.24, 2.45) is 0 Å². The van der Waals surface area contributed by atoms with Gasteiger partial charge in [-0.2, -0.15) is 0 Å². The van der Waals surface area contributed by atoms with Crippen LogP contribution in [0.2, 0.25) is 0 Å². The summed E-state index contributed by atoms with van der Waals surface area (Å²) in [5, 5.41) is 23.4. The van der Waals surface area contributed by atoms with Crippen molar-refractivity contribution in [2.75, 3.05) is 0 Å². The van der Waals surface area contributed by atoms with E-state index < -0.39 is 0 Å². The number of rotatable bonds is 0. The Morgan fingerprint density at radius 2 is 0.821 bits per heavy atom. The topological polar surface area (TPSA) is 72.0 Å². The number of fused-ring (bicyclic) bond motifs is 6. The van der Waals surface area contributed by atoms with E-state index in [-0.39, 0.29) is 0 Å². The number of aromatic amines is 2. The van der Waals surface area contributed by atoms with E-state index in [1.165, 1.54) is 0 Å². The van der Waals surface area contributed by atoms with Crippen molar-refractivity contribution in [3.8, 4) is 11.5 Å². The normalized spacial score (nSPS) is 11.1. The second-order valence-electron chi connectivity index (χ2n) is 6.74. The molecule has 0 spiro atoms. The van der Waals surface area contributed by atoms with Gasteiger partial charge in [-0.15, -0.1) is 0 Å². The summed E-state index contributed by atoms with van der Waals surface area (Å²) < 4.78 is 0. The molecule has 28 heavy (non-hydrogen) atoms. The van der Waals surface area contributed by atoms with Gasteiger partial charge in [-0.05, 0) is 36.4 Å². The van der Waals surface area contributed by atoms with Crippen molar-refractivity contribution in [1.82, 2.24) is 9.97 Å². The van der Waals surface area contributed by atoms with Gasteiger partial charge < -0.3 is 20.2 Å². The van der Waals surface area contributed by atoms with Gasteiger partial charge in [0.15, 0.2) is 0 Å². The lowest BCUT2D eigenvalue weighted by Gasteiger charge is -1.93. The maximum atomic E-state index is 9.74. The Kier molecular flexibility index (Phi) is 3.69.